The highest BCUT2D eigenvalue weighted by atomic mass is 16.1. The van der Waals surface area contributed by atoms with Gasteiger partial charge in [-0.3, -0.25) is 14.4 Å². The van der Waals surface area contributed by atoms with Gasteiger partial charge in [0.05, 0.1) is 6.42 Å². The van der Waals surface area contributed by atoms with E-state index in [2.05, 4.69) is 39.8 Å². The smallest absolute Gasteiger partial charge is 0.163 e. The third-order valence-electron chi connectivity index (χ3n) is 8.65. The largest absolute Gasteiger partial charge is 0.299 e. The lowest BCUT2D eigenvalue weighted by Gasteiger charge is -2.33. The molecule has 3 atom stereocenters. The summed E-state index contributed by atoms with van der Waals surface area (Å²) in [5.74, 6) is 0.918. The summed E-state index contributed by atoms with van der Waals surface area (Å²) in [6, 6.07) is 4.52. The number of ketones is 3. The predicted molar refractivity (Wildman–Crippen MR) is 135 cm³/mol. The number of Topliss-reactive ketones (excluding diaryl/α,β-unsaturated/α-hetero) is 3. The number of hydrogen-bond donors (Lipinski definition) is 0. The van der Waals surface area contributed by atoms with Gasteiger partial charge in [-0.2, -0.15) is 0 Å². The Morgan fingerprint density at radius 1 is 1.09 bits per heavy atom. The number of carbonyl (C=O) groups excluding carboxylic acids is 3. The van der Waals surface area contributed by atoms with Gasteiger partial charge in [0.1, 0.15) is 11.6 Å². The van der Waals surface area contributed by atoms with Crippen molar-refractivity contribution < 1.29 is 14.4 Å². The van der Waals surface area contributed by atoms with E-state index in [9.17, 15) is 14.4 Å². The fourth-order valence-corrected chi connectivity index (χ4v) is 6.88. The molecule has 3 rings (SSSR count). The molecule has 1 aromatic carbocycles. The van der Waals surface area contributed by atoms with Gasteiger partial charge in [-0.25, -0.2) is 0 Å². The lowest BCUT2D eigenvalue weighted by Crippen LogP contribution is -2.30. The van der Waals surface area contributed by atoms with E-state index in [1.54, 1.807) is 0 Å². The predicted octanol–water partition coefficient (Wildman–Crippen LogP) is 7.34. The SMILES string of the molecule is CCCC(CC1CC(=O)c2c(ccc(C3(C)CCCC3)c2C)C1)C(CC)C(=O)CC(=O)CC. The Balaban J connectivity index is 1.79. The van der Waals surface area contributed by atoms with Gasteiger partial charge in [0.25, 0.3) is 0 Å². The molecule has 3 heteroatoms. The molecule has 0 aliphatic heterocycles. The number of fused-ring (bicyclic) bond motifs is 1. The van der Waals surface area contributed by atoms with E-state index in [0.29, 0.717) is 12.8 Å². The van der Waals surface area contributed by atoms with Crippen LogP contribution >= 0.6 is 0 Å². The molecule has 0 saturated heterocycles. The first kappa shape index (κ1) is 25.8. The average Bonchev–Trinajstić information content (AvgIpc) is 3.21. The van der Waals surface area contributed by atoms with Crippen LogP contribution in [0.15, 0.2) is 12.1 Å². The second-order valence-corrected chi connectivity index (χ2v) is 11.1. The molecule has 0 bridgehead atoms. The highest BCUT2D eigenvalue weighted by Gasteiger charge is 2.36. The first-order chi connectivity index (χ1) is 15.7. The third kappa shape index (κ3) is 5.66. The van der Waals surface area contributed by atoms with Gasteiger partial charge in [0.2, 0.25) is 0 Å². The van der Waals surface area contributed by atoms with Crippen LogP contribution in [0.5, 0.6) is 0 Å². The van der Waals surface area contributed by atoms with Crippen molar-refractivity contribution in [2.75, 3.05) is 0 Å². The van der Waals surface area contributed by atoms with Gasteiger partial charge >= 0.3 is 0 Å². The topological polar surface area (TPSA) is 51.2 Å². The Labute approximate surface area is 201 Å². The maximum Gasteiger partial charge on any atom is 0.163 e. The summed E-state index contributed by atoms with van der Waals surface area (Å²) in [5.41, 5.74) is 5.00. The molecule has 0 spiro atoms. The van der Waals surface area contributed by atoms with Crippen molar-refractivity contribution >= 4 is 17.3 Å². The first-order valence-electron chi connectivity index (χ1n) is 13.4. The summed E-state index contributed by atoms with van der Waals surface area (Å²) in [5, 5.41) is 0. The Morgan fingerprint density at radius 2 is 1.79 bits per heavy atom. The van der Waals surface area contributed by atoms with Crippen LogP contribution in [0, 0.1) is 24.7 Å². The molecule has 0 amide bonds. The molecule has 3 nitrogen and oxygen atoms in total. The van der Waals surface area contributed by atoms with Crippen LogP contribution in [0.2, 0.25) is 0 Å². The second-order valence-electron chi connectivity index (χ2n) is 11.1. The van der Waals surface area contributed by atoms with Crippen molar-refractivity contribution in [2.24, 2.45) is 17.8 Å². The zero-order valence-corrected chi connectivity index (χ0v) is 21.6. The normalized spacial score (nSPS) is 21.5. The van der Waals surface area contributed by atoms with Crippen molar-refractivity contribution in [3.8, 4) is 0 Å². The van der Waals surface area contributed by atoms with E-state index in [0.717, 1.165) is 37.7 Å². The minimum atomic E-state index is -0.0663. The zero-order chi connectivity index (χ0) is 24.2. The summed E-state index contributed by atoms with van der Waals surface area (Å²) < 4.78 is 0. The number of rotatable bonds is 11. The second kappa shape index (κ2) is 11.1. The molecule has 1 fully saturated rings. The van der Waals surface area contributed by atoms with Crippen LogP contribution in [0.25, 0.3) is 0 Å². The quantitative estimate of drug-likeness (QED) is 0.330. The van der Waals surface area contributed by atoms with E-state index in [4.69, 9.17) is 0 Å². The molecule has 0 N–H and O–H groups in total. The van der Waals surface area contributed by atoms with E-state index in [-0.39, 0.29) is 46.9 Å². The summed E-state index contributed by atoms with van der Waals surface area (Å²) in [7, 11) is 0. The van der Waals surface area contributed by atoms with Gasteiger partial charge in [-0.1, -0.05) is 65.5 Å². The lowest BCUT2D eigenvalue weighted by molar-refractivity contribution is -0.130. The monoisotopic (exact) mass is 452 g/mol. The molecule has 182 valence electrons. The Hall–Kier alpha value is -1.77. The molecule has 0 radical (unpaired) electrons. The van der Waals surface area contributed by atoms with Crippen LogP contribution in [0.1, 0.15) is 125 Å². The molecule has 2 aliphatic carbocycles. The Kier molecular flexibility index (Phi) is 8.70. The standard InChI is InChI=1S/C30H44O3/c1-6-11-22(25(8-3)27(32)19-24(31)7-2)16-21-17-23-12-13-26(30(5)14-9-10-15-30)20(4)29(23)28(33)18-21/h12-13,21-22,25H,6-11,14-19H2,1-5H3. The summed E-state index contributed by atoms with van der Waals surface area (Å²) in [6.45, 7) is 10.6. The number of hydrogen-bond acceptors (Lipinski definition) is 3. The third-order valence-corrected chi connectivity index (χ3v) is 8.65. The number of carbonyl (C=O) groups is 3. The molecule has 0 heterocycles. The van der Waals surface area contributed by atoms with Crippen LogP contribution in [-0.2, 0) is 21.4 Å². The van der Waals surface area contributed by atoms with E-state index in [1.807, 2.05) is 6.92 Å². The van der Waals surface area contributed by atoms with Crippen LogP contribution < -0.4 is 0 Å². The molecule has 3 unspecified atom stereocenters. The first-order valence-corrected chi connectivity index (χ1v) is 13.4. The van der Waals surface area contributed by atoms with Crippen LogP contribution in [-0.4, -0.2) is 17.3 Å². The fourth-order valence-electron chi connectivity index (χ4n) is 6.88. The van der Waals surface area contributed by atoms with Crippen molar-refractivity contribution in [1.82, 2.24) is 0 Å². The van der Waals surface area contributed by atoms with Gasteiger partial charge in [0, 0.05) is 24.3 Å². The summed E-state index contributed by atoms with van der Waals surface area (Å²) >= 11 is 0. The van der Waals surface area contributed by atoms with E-state index in [1.165, 1.54) is 42.4 Å². The van der Waals surface area contributed by atoms with Crippen molar-refractivity contribution in [1.29, 1.82) is 0 Å². The maximum absolute atomic E-state index is 13.4. The highest BCUT2D eigenvalue weighted by molar-refractivity contribution is 6.01. The van der Waals surface area contributed by atoms with E-state index >= 15 is 0 Å². The minimum absolute atomic E-state index is 0.0395. The van der Waals surface area contributed by atoms with Gasteiger partial charge < -0.3 is 0 Å². The van der Waals surface area contributed by atoms with Gasteiger partial charge in [-0.15, -0.1) is 0 Å². The minimum Gasteiger partial charge on any atom is -0.299 e. The molecular formula is C30H44O3. The summed E-state index contributed by atoms with van der Waals surface area (Å²) in [6.07, 6.45) is 10.7. The number of benzene rings is 1. The average molecular weight is 453 g/mol. The van der Waals surface area contributed by atoms with Crippen LogP contribution in [0.3, 0.4) is 0 Å². The van der Waals surface area contributed by atoms with Gasteiger partial charge in [-0.05, 0) is 73.0 Å². The van der Waals surface area contributed by atoms with Crippen LogP contribution in [0.4, 0.5) is 0 Å². The molecule has 1 aromatic rings. The molecule has 33 heavy (non-hydrogen) atoms. The summed E-state index contributed by atoms with van der Waals surface area (Å²) in [4.78, 5) is 38.2. The van der Waals surface area contributed by atoms with Crippen molar-refractivity contribution in [3.05, 3.63) is 34.4 Å². The van der Waals surface area contributed by atoms with Crippen molar-refractivity contribution in [3.63, 3.8) is 0 Å². The zero-order valence-electron chi connectivity index (χ0n) is 21.6. The van der Waals surface area contributed by atoms with E-state index < -0.39 is 0 Å². The lowest BCUT2D eigenvalue weighted by atomic mass is 9.70. The molecule has 1 saturated carbocycles. The maximum atomic E-state index is 13.4. The molecule has 2 aliphatic rings. The van der Waals surface area contributed by atoms with Gasteiger partial charge in [0.15, 0.2) is 5.78 Å². The Bertz CT molecular complexity index is 875. The van der Waals surface area contributed by atoms with Crippen molar-refractivity contribution in [2.45, 2.75) is 117 Å². The molecule has 0 aromatic heterocycles. The molecular weight excluding hydrogens is 408 g/mol. The highest BCUT2D eigenvalue weighted by Crippen LogP contribution is 2.44. The Morgan fingerprint density at radius 3 is 2.39 bits per heavy atom. The fraction of sp³-hybridized carbons (Fsp3) is 0.700.